The average molecular weight is 421 g/mol. The van der Waals surface area contributed by atoms with Crippen molar-refractivity contribution >= 4 is 29.6 Å². The van der Waals surface area contributed by atoms with Gasteiger partial charge >= 0.3 is 18.0 Å². The molecule has 1 aliphatic rings. The van der Waals surface area contributed by atoms with Crippen molar-refractivity contribution in [3.8, 4) is 0 Å². The number of urea groups is 1. The molecule has 9 nitrogen and oxygen atoms in total. The Kier molecular flexibility index (Phi) is 6.38. The van der Waals surface area contributed by atoms with Crippen LogP contribution in [0.25, 0.3) is 0 Å². The maximum absolute atomic E-state index is 13.1. The van der Waals surface area contributed by atoms with Gasteiger partial charge in [-0.25, -0.2) is 14.6 Å². The van der Waals surface area contributed by atoms with Gasteiger partial charge in [0, 0.05) is 23.7 Å². The van der Waals surface area contributed by atoms with E-state index in [4.69, 9.17) is 16.3 Å². The smallest absolute Gasteiger partial charge is 0.329 e. The molecule has 2 N–H and O–H groups in total. The first-order chi connectivity index (χ1) is 13.9. The lowest BCUT2D eigenvalue weighted by Gasteiger charge is -2.36. The van der Waals surface area contributed by atoms with E-state index in [-0.39, 0.29) is 6.42 Å². The largest absolute Gasteiger partial charge is 0.469 e. The molecule has 10 heteroatoms. The van der Waals surface area contributed by atoms with Crippen LogP contribution in [0.2, 0.25) is 5.02 Å². The molecule has 1 unspecified atom stereocenters. The zero-order chi connectivity index (χ0) is 21.0. The lowest BCUT2D eigenvalue weighted by atomic mass is 9.96. The van der Waals surface area contributed by atoms with Crippen LogP contribution in [-0.4, -0.2) is 59.6 Å². The second-order valence-corrected chi connectivity index (χ2v) is 6.91. The Morgan fingerprint density at radius 1 is 1.28 bits per heavy atom. The van der Waals surface area contributed by atoms with Gasteiger partial charge in [0.15, 0.2) is 0 Å². The van der Waals surface area contributed by atoms with E-state index in [1.54, 1.807) is 23.4 Å². The molecule has 2 aromatic rings. The minimum Gasteiger partial charge on any atom is -0.469 e. The van der Waals surface area contributed by atoms with Crippen LogP contribution >= 0.6 is 11.6 Å². The molecule has 1 aromatic heterocycles. The lowest BCUT2D eigenvalue weighted by Crippen LogP contribution is -2.52. The number of H-pyrrole nitrogens is 1. The number of aromatic nitrogens is 2. The van der Waals surface area contributed by atoms with Crippen molar-refractivity contribution < 1.29 is 23.9 Å². The number of nitrogens with one attached hydrogen (secondary N) is 2. The molecule has 0 saturated heterocycles. The molecule has 2 atom stereocenters. The fourth-order valence-corrected chi connectivity index (χ4v) is 3.42. The van der Waals surface area contributed by atoms with E-state index in [0.29, 0.717) is 18.0 Å². The van der Waals surface area contributed by atoms with E-state index in [1.807, 2.05) is 12.1 Å². The molecule has 1 aromatic carbocycles. The van der Waals surface area contributed by atoms with E-state index in [9.17, 15) is 14.4 Å². The van der Waals surface area contributed by atoms with Crippen LogP contribution in [0.5, 0.6) is 0 Å². The summed E-state index contributed by atoms with van der Waals surface area (Å²) in [6.45, 7) is 0.389. The van der Waals surface area contributed by atoms with Crippen LogP contribution in [0.4, 0.5) is 4.79 Å². The minimum absolute atomic E-state index is 0.331. The highest BCUT2D eigenvalue weighted by Gasteiger charge is 2.36. The number of ether oxygens (including phenoxy) is 2. The molecule has 1 aliphatic heterocycles. The van der Waals surface area contributed by atoms with Crippen LogP contribution in [0, 0.1) is 0 Å². The second kappa shape index (κ2) is 8.95. The highest BCUT2D eigenvalue weighted by Crippen LogP contribution is 2.33. The Morgan fingerprint density at radius 2 is 2.00 bits per heavy atom. The summed E-state index contributed by atoms with van der Waals surface area (Å²) in [6.07, 6.45) is 1.83. The highest BCUT2D eigenvalue weighted by atomic mass is 35.5. The molecule has 154 valence electrons. The van der Waals surface area contributed by atoms with Crippen LogP contribution in [0.1, 0.15) is 29.4 Å². The van der Waals surface area contributed by atoms with Crippen LogP contribution < -0.4 is 5.32 Å². The summed E-state index contributed by atoms with van der Waals surface area (Å²) in [7, 11) is 2.39. The van der Waals surface area contributed by atoms with E-state index < -0.39 is 30.1 Å². The summed E-state index contributed by atoms with van der Waals surface area (Å²) in [6, 6.07) is 4.97. The molecule has 2 amide bonds. The molecule has 0 saturated carbocycles. The van der Waals surface area contributed by atoms with Crippen molar-refractivity contribution in [2.75, 3.05) is 20.8 Å². The predicted molar refractivity (Wildman–Crippen MR) is 103 cm³/mol. The number of fused-ring (bicyclic) bond motifs is 1. The Bertz CT molecular complexity index is 898. The maximum atomic E-state index is 13.1. The normalized spacial score (nSPS) is 16.5. The predicted octanol–water partition coefficient (Wildman–Crippen LogP) is 1.82. The van der Waals surface area contributed by atoms with Gasteiger partial charge in [-0.05, 0) is 17.7 Å². The number of hydrogen-bond acceptors (Lipinski definition) is 6. The van der Waals surface area contributed by atoms with Gasteiger partial charge < -0.3 is 24.7 Å². The second-order valence-electron chi connectivity index (χ2n) is 6.47. The van der Waals surface area contributed by atoms with Gasteiger partial charge in [0.05, 0.1) is 32.7 Å². The van der Waals surface area contributed by atoms with Crippen molar-refractivity contribution in [1.82, 2.24) is 20.2 Å². The standard InChI is InChI=1S/C19H21ClN4O5/c1-28-15(25)9-14(18(26)29-2)23-19(27)24-8-7-13-16(22-10-21-13)17(24)11-3-5-12(20)6-4-11/h3-6,10,14,17H,7-9H2,1-2H3,(H,21,22)(H,23,27)/t14-,17?/m0/s1. The van der Waals surface area contributed by atoms with Gasteiger partial charge in [-0.1, -0.05) is 23.7 Å². The number of hydrogen-bond donors (Lipinski definition) is 2. The number of esters is 2. The number of methoxy groups -OCH3 is 2. The van der Waals surface area contributed by atoms with E-state index >= 15 is 0 Å². The van der Waals surface area contributed by atoms with Crippen LogP contribution in [0.3, 0.4) is 0 Å². The fourth-order valence-electron chi connectivity index (χ4n) is 3.30. The van der Waals surface area contributed by atoms with Gasteiger partial charge in [0.1, 0.15) is 12.1 Å². The van der Waals surface area contributed by atoms with Crippen LogP contribution in [-0.2, 0) is 25.5 Å². The molecule has 0 spiro atoms. The van der Waals surface area contributed by atoms with Gasteiger partial charge in [-0.3, -0.25) is 4.79 Å². The summed E-state index contributed by atoms with van der Waals surface area (Å²) >= 11 is 6.00. The van der Waals surface area contributed by atoms with E-state index in [1.165, 1.54) is 14.2 Å². The van der Waals surface area contributed by atoms with Crippen molar-refractivity contribution in [2.45, 2.75) is 24.9 Å². The van der Waals surface area contributed by atoms with Gasteiger partial charge in [0.2, 0.25) is 0 Å². The third kappa shape index (κ3) is 4.51. The molecule has 29 heavy (non-hydrogen) atoms. The average Bonchev–Trinajstić information content (AvgIpc) is 3.21. The Labute approximate surface area is 172 Å². The molecule has 0 bridgehead atoms. The van der Waals surface area contributed by atoms with Gasteiger partial charge in [0.25, 0.3) is 0 Å². The van der Waals surface area contributed by atoms with Crippen molar-refractivity contribution in [3.05, 3.63) is 52.6 Å². The first-order valence-corrected chi connectivity index (χ1v) is 9.31. The quantitative estimate of drug-likeness (QED) is 0.713. The number of aromatic amines is 1. The molecular weight excluding hydrogens is 400 g/mol. The first-order valence-electron chi connectivity index (χ1n) is 8.94. The molecule has 0 aliphatic carbocycles. The number of nitrogens with zero attached hydrogens (tertiary/aromatic N) is 2. The minimum atomic E-state index is -1.16. The molecule has 3 rings (SSSR count). The summed E-state index contributed by atoms with van der Waals surface area (Å²) in [5.74, 6) is -1.37. The van der Waals surface area contributed by atoms with Crippen molar-refractivity contribution in [1.29, 1.82) is 0 Å². The van der Waals surface area contributed by atoms with Crippen LogP contribution in [0.15, 0.2) is 30.6 Å². The lowest BCUT2D eigenvalue weighted by molar-refractivity contribution is -0.149. The van der Waals surface area contributed by atoms with E-state index in [0.717, 1.165) is 17.0 Å². The monoisotopic (exact) mass is 420 g/mol. The Hall–Kier alpha value is -3.07. The summed E-state index contributed by atoms with van der Waals surface area (Å²) in [5, 5.41) is 3.16. The molecular formula is C19H21ClN4O5. The fraction of sp³-hybridized carbons (Fsp3) is 0.368. The third-order valence-electron chi connectivity index (χ3n) is 4.75. The van der Waals surface area contributed by atoms with Crippen molar-refractivity contribution in [3.63, 3.8) is 0 Å². The van der Waals surface area contributed by atoms with Gasteiger partial charge in [-0.2, -0.15) is 0 Å². The highest BCUT2D eigenvalue weighted by molar-refractivity contribution is 6.30. The number of rotatable bonds is 5. The number of benzene rings is 1. The summed E-state index contributed by atoms with van der Waals surface area (Å²) < 4.78 is 9.30. The SMILES string of the molecule is COC(=O)C[C@H](NC(=O)N1CCc2[nH]cnc2C1c1ccc(Cl)cc1)C(=O)OC. The topological polar surface area (TPSA) is 114 Å². The molecule has 0 radical (unpaired) electrons. The Balaban J connectivity index is 1.88. The zero-order valence-electron chi connectivity index (χ0n) is 16.0. The van der Waals surface area contributed by atoms with Crippen molar-refractivity contribution in [2.24, 2.45) is 0 Å². The number of amides is 2. The number of carbonyl (C=O) groups is 3. The third-order valence-corrected chi connectivity index (χ3v) is 5.01. The number of carbonyl (C=O) groups excluding carboxylic acids is 3. The molecule has 2 heterocycles. The Morgan fingerprint density at radius 3 is 2.66 bits per heavy atom. The maximum Gasteiger partial charge on any atom is 0.329 e. The zero-order valence-corrected chi connectivity index (χ0v) is 16.7. The number of halogens is 1. The number of imidazole rings is 1. The summed E-state index contributed by atoms with van der Waals surface area (Å²) in [4.78, 5) is 45.8. The first kappa shape index (κ1) is 20.7. The molecule has 0 fully saturated rings. The van der Waals surface area contributed by atoms with Gasteiger partial charge in [-0.15, -0.1) is 0 Å². The summed E-state index contributed by atoms with van der Waals surface area (Å²) in [5.41, 5.74) is 2.48. The van der Waals surface area contributed by atoms with E-state index in [2.05, 4.69) is 20.0 Å².